The molecule has 1 aliphatic heterocycles. The van der Waals surface area contributed by atoms with Crippen LogP contribution in [0.1, 0.15) is 54.9 Å². The largest absolute Gasteiger partial charge is 0.494 e. The molecule has 4 rings (SSSR count). The third-order valence-corrected chi connectivity index (χ3v) is 5.38. The minimum absolute atomic E-state index is 0.00698. The predicted octanol–water partition coefficient (Wildman–Crippen LogP) is 1.77. The van der Waals surface area contributed by atoms with Crippen LogP contribution in [-0.2, 0) is 6.54 Å². The number of nitrogens with two attached hydrogens (primary N) is 1. The molecule has 3 aromatic rings. The fourth-order valence-electron chi connectivity index (χ4n) is 3.67. The molecule has 1 aliphatic rings. The highest BCUT2D eigenvalue weighted by Gasteiger charge is 2.26. The maximum absolute atomic E-state index is 13.2. The first-order chi connectivity index (χ1) is 16.1. The number of hydrazone groups is 1. The molecule has 12 nitrogen and oxygen atoms in total. The van der Waals surface area contributed by atoms with E-state index < -0.39 is 5.91 Å². The van der Waals surface area contributed by atoms with E-state index in [4.69, 9.17) is 10.5 Å². The quantitative estimate of drug-likeness (QED) is 0.384. The second-order valence-electron chi connectivity index (χ2n) is 7.70. The van der Waals surface area contributed by atoms with Crippen molar-refractivity contribution in [2.75, 3.05) is 25.4 Å². The second-order valence-corrected chi connectivity index (χ2v) is 7.70. The number of carbonyl (C=O) groups excluding carboxylic acids is 1. The summed E-state index contributed by atoms with van der Waals surface area (Å²) in [5.41, 5.74) is 10.6. The van der Waals surface area contributed by atoms with E-state index in [1.165, 1.54) is 11.1 Å². The Labute approximate surface area is 190 Å². The number of benzene rings is 1. The van der Waals surface area contributed by atoms with Gasteiger partial charge in [-0.1, -0.05) is 11.6 Å². The average molecular weight is 454 g/mol. The Hall–Kier alpha value is -3.80. The Bertz CT molecular complexity index is 1110. The van der Waals surface area contributed by atoms with Crippen molar-refractivity contribution in [2.24, 2.45) is 5.10 Å². The molecular weight excluding hydrogens is 426 g/mol. The van der Waals surface area contributed by atoms with Crippen molar-refractivity contribution in [2.45, 2.75) is 39.7 Å². The molecule has 1 aromatic carbocycles. The number of likely N-dealkylation sites (tertiary alicyclic amines) is 1. The topological polar surface area (TPSA) is 150 Å². The van der Waals surface area contributed by atoms with Gasteiger partial charge < -0.3 is 10.5 Å². The number of nitrogens with one attached hydrogen (secondary N) is 1. The summed E-state index contributed by atoms with van der Waals surface area (Å²) in [5, 5.41) is 19.9. The molecule has 0 aliphatic carbocycles. The SMILES string of the molecule is CCOc1ccc(/C(C)=N/NC(=O)c2c(CN3CCCCC3)nnn2-c2nonc2N)cc1. The highest BCUT2D eigenvalue weighted by Crippen LogP contribution is 2.19. The molecule has 0 unspecified atom stereocenters. The van der Waals surface area contributed by atoms with Crippen LogP contribution in [0.25, 0.3) is 5.82 Å². The molecule has 0 bridgehead atoms. The fourth-order valence-corrected chi connectivity index (χ4v) is 3.67. The molecule has 12 heteroatoms. The molecule has 0 spiro atoms. The summed E-state index contributed by atoms with van der Waals surface area (Å²) in [6.45, 7) is 6.69. The smallest absolute Gasteiger partial charge is 0.292 e. The van der Waals surface area contributed by atoms with E-state index in [-0.39, 0.29) is 17.3 Å². The van der Waals surface area contributed by atoms with Gasteiger partial charge in [-0.2, -0.15) is 9.78 Å². The number of nitrogen functional groups attached to an aromatic ring is 1. The van der Waals surface area contributed by atoms with Crippen LogP contribution in [0.5, 0.6) is 5.75 Å². The van der Waals surface area contributed by atoms with Gasteiger partial charge in [-0.25, -0.2) is 10.1 Å². The zero-order chi connectivity index (χ0) is 23.2. The Morgan fingerprint density at radius 1 is 1.21 bits per heavy atom. The van der Waals surface area contributed by atoms with Gasteiger partial charge in [0.15, 0.2) is 5.69 Å². The van der Waals surface area contributed by atoms with Gasteiger partial charge >= 0.3 is 0 Å². The van der Waals surface area contributed by atoms with Gasteiger partial charge in [-0.15, -0.1) is 5.10 Å². The first-order valence-electron chi connectivity index (χ1n) is 10.9. The van der Waals surface area contributed by atoms with Gasteiger partial charge in [0.25, 0.3) is 5.91 Å². The highest BCUT2D eigenvalue weighted by molar-refractivity contribution is 6.00. The molecule has 174 valence electrons. The lowest BCUT2D eigenvalue weighted by atomic mass is 10.1. The van der Waals surface area contributed by atoms with Crippen LogP contribution in [0.4, 0.5) is 5.82 Å². The Morgan fingerprint density at radius 2 is 1.97 bits per heavy atom. The number of hydrogen-bond acceptors (Lipinski definition) is 10. The fraction of sp³-hybridized carbons (Fsp3) is 0.429. The molecule has 3 heterocycles. The molecule has 1 saturated heterocycles. The van der Waals surface area contributed by atoms with Crippen molar-refractivity contribution < 1.29 is 14.2 Å². The third kappa shape index (κ3) is 5.17. The van der Waals surface area contributed by atoms with Crippen LogP contribution >= 0.6 is 0 Å². The molecule has 1 amide bonds. The highest BCUT2D eigenvalue weighted by atomic mass is 16.6. The first kappa shape index (κ1) is 22.4. The minimum atomic E-state index is -0.486. The molecule has 0 radical (unpaired) electrons. The maximum Gasteiger partial charge on any atom is 0.292 e. The lowest BCUT2D eigenvalue weighted by molar-refractivity contribution is 0.0944. The summed E-state index contributed by atoms with van der Waals surface area (Å²) in [5.74, 6) is 0.395. The van der Waals surface area contributed by atoms with Gasteiger partial charge in [-0.05, 0) is 79.9 Å². The standard InChI is InChI=1S/C21H27N9O3/c1-3-32-16-9-7-15(8-10-16)14(2)23-25-21(31)18-17(13-29-11-5-4-6-12-29)24-28-30(18)20-19(22)26-33-27-20/h7-10H,3-6,11-13H2,1-2H3,(H2,22,26)(H,25,31)/b23-14+. The van der Waals surface area contributed by atoms with Crippen molar-refractivity contribution in [3.05, 3.63) is 41.2 Å². The molecule has 1 fully saturated rings. The molecule has 0 atom stereocenters. The number of ether oxygens (including phenoxy) is 1. The van der Waals surface area contributed by atoms with Crippen molar-refractivity contribution in [3.8, 4) is 11.6 Å². The molecule has 0 saturated carbocycles. The maximum atomic E-state index is 13.2. The van der Waals surface area contributed by atoms with Crippen LogP contribution < -0.4 is 15.9 Å². The van der Waals surface area contributed by atoms with Gasteiger partial charge in [0, 0.05) is 6.54 Å². The summed E-state index contributed by atoms with van der Waals surface area (Å²) >= 11 is 0. The molecular formula is C21H27N9O3. The van der Waals surface area contributed by atoms with Crippen LogP contribution in [0.2, 0.25) is 0 Å². The monoisotopic (exact) mass is 453 g/mol. The molecule has 2 aromatic heterocycles. The van der Waals surface area contributed by atoms with E-state index in [9.17, 15) is 4.79 Å². The lowest BCUT2D eigenvalue weighted by Gasteiger charge is -2.25. The third-order valence-electron chi connectivity index (χ3n) is 5.38. The van der Waals surface area contributed by atoms with Crippen molar-refractivity contribution in [1.82, 2.24) is 35.6 Å². The van der Waals surface area contributed by atoms with E-state index in [0.717, 1.165) is 37.2 Å². The molecule has 33 heavy (non-hydrogen) atoms. The number of rotatable bonds is 8. The summed E-state index contributed by atoms with van der Waals surface area (Å²) in [6, 6.07) is 7.47. The van der Waals surface area contributed by atoms with Crippen LogP contribution in [-0.4, -0.2) is 61.5 Å². The van der Waals surface area contributed by atoms with E-state index >= 15 is 0 Å². The zero-order valence-corrected chi connectivity index (χ0v) is 18.7. The zero-order valence-electron chi connectivity index (χ0n) is 18.7. The first-order valence-corrected chi connectivity index (χ1v) is 10.9. The van der Waals surface area contributed by atoms with Crippen molar-refractivity contribution in [1.29, 1.82) is 0 Å². The van der Waals surface area contributed by atoms with E-state index in [0.29, 0.717) is 24.6 Å². The van der Waals surface area contributed by atoms with Crippen LogP contribution in [0.15, 0.2) is 34.0 Å². The van der Waals surface area contributed by atoms with E-state index in [2.05, 4.69) is 40.7 Å². The Morgan fingerprint density at radius 3 is 2.64 bits per heavy atom. The summed E-state index contributed by atoms with van der Waals surface area (Å²) in [4.78, 5) is 15.4. The molecule has 3 N–H and O–H groups in total. The van der Waals surface area contributed by atoms with E-state index in [1.54, 1.807) is 6.92 Å². The number of anilines is 1. The summed E-state index contributed by atoms with van der Waals surface area (Å²) in [7, 11) is 0. The number of amides is 1. The number of aromatic nitrogens is 5. The van der Waals surface area contributed by atoms with Gasteiger partial charge in [0.05, 0.1) is 12.3 Å². The van der Waals surface area contributed by atoms with Crippen LogP contribution in [0, 0.1) is 0 Å². The summed E-state index contributed by atoms with van der Waals surface area (Å²) < 4.78 is 11.4. The average Bonchev–Trinajstić information content (AvgIpc) is 3.44. The normalized spacial score (nSPS) is 14.9. The minimum Gasteiger partial charge on any atom is -0.494 e. The predicted molar refractivity (Wildman–Crippen MR) is 120 cm³/mol. The number of piperidine rings is 1. The van der Waals surface area contributed by atoms with Crippen molar-refractivity contribution in [3.63, 3.8) is 0 Å². The van der Waals surface area contributed by atoms with Gasteiger partial charge in [-0.3, -0.25) is 9.69 Å². The Balaban J connectivity index is 1.57. The number of carbonyl (C=O) groups is 1. The van der Waals surface area contributed by atoms with Crippen molar-refractivity contribution >= 4 is 17.4 Å². The Kier molecular flexibility index (Phi) is 6.93. The summed E-state index contributed by atoms with van der Waals surface area (Å²) in [6.07, 6.45) is 3.43. The van der Waals surface area contributed by atoms with Gasteiger partial charge in [0.2, 0.25) is 11.6 Å². The lowest BCUT2D eigenvalue weighted by Crippen LogP contribution is -2.31. The second kappa shape index (κ2) is 10.2. The number of nitrogens with zero attached hydrogens (tertiary/aromatic N) is 7. The van der Waals surface area contributed by atoms with Crippen LogP contribution in [0.3, 0.4) is 0 Å². The number of hydrogen-bond donors (Lipinski definition) is 2. The van der Waals surface area contributed by atoms with E-state index in [1.807, 2.05) is 31.2 Å². The van der Waals surface area contributed by atoms with Gasteiger partial charge in [0.1, 0.15) is 11.4 Å².